The Morgan fingerprint density at radius 1 is 1.46 bits per heavy atom. The van der Waals surface area contributed by atoms with E-state index in [0.29, 0.717) is 24.2 Å². The van der Waals surface area contributed by atoms with Gasteiger partial charge in [-0.25, -0.2) is 0 Å². The summed E-state index contributed by atoms with van der Waals surface area (Å²) in [4.78, 5) is 11.4. The molecule has 1 aromatic carbocycles. The summed E-state index contributed by atoms with van der Waals surface area (Å²) in [6.45, 7) is 0.355. The molecule has 0 radical (unpaired) electrons. The maximum absolute atomic E-state index is 11.4. The molecule has 0 atom stereocenters. The lowest BCUT2D eigenvalue weighted by molar-refractivity contribution is 0.0986. The summed E-state index contributed by atoms with van der Waals surface area (Å²) >= 11 is 3.27. The molecule has 4 N–H and O–H groups in total. The molecule has 0 saturated carbocycles. The molecule has 0 unspecified atom stereocenters. The topological polar surface area (TPSA) is 69.1 Å². The third-order valence-corrected chi connectivity index (χ3v) is 2.18. The number of ketones is 1. The predicted octanol–water partition coefficient (Wildman–Crippen LogP) is 1.56. The maximum atomic E-state index is 11.4. The Balaban J connectivity index is 2.95. The van der Waals surface area contributed by atoms with Gasteiger partial charge in [0, 0.05) is 22.1 Å². The van der Waals surface area contributed by atoms with Gasteiger partial charge < -0.3 is 11.5 Å². The van der Waals surface area contributed by atoms with Crippen molar-refractivity contribution in [1.82, 2.24) is 0 Å². The van der Waals surface area contributed by atoms with Crippen LogP contribution < -0.4 is 11.5 Å². The zero-order valence-electron chi connectivity index (χ0n) is 7.09. The number of rotatable bonds is 3. The highest BCUT2D eigenvalue weighted by Crippen LogP contribution is 2.19. The van der Waals surface area contributed by atoms with Crippen LogP contribution in [0.5, 0.6) is 0 Å². The van der Waals surface area contributed by atoms with Crippen molar-refractivity contribution < 1.29 is 4.79 Å². The first-order valence-corrected chi connectivity index (χ1v) is 4.72. The predicted molar refractivity (Wildman–Crippen MR) is 56.6 cm³/mol. The van der Waals surface area contributed by atoms with Crippen molar-refractivity contribution in [2.45, 2.75) is 6.42 Å². The second kappa shape index (κ2) is 4.39. The Hall–Kier alpha value is -0.870. The van der Waals surface area contributed by atoms with Crippen LogP contribution in [-0.4, -0.2) is 12.3 Å². The van der Waals surface area contributed by atoms with Gasteiger partial charge in [0.25, 0.3) is 0 Å². The summed E-state index contributed by atoms with van der Waals surface area (Å²) in [6, 6.07) is 5.21. The molecule has 0 aliphatic rings. The molecule has 0 bridgehead atoms. The molecule has 0 aliphatic heterocycles. The minimum atomic E-state index is -0.00694. The van der Waals surface area contributed by atoms with Gasteiger partial charge in [0.15, 0.2) is 5.78 Å². The van der Waals surface area contributed by atoms with Gasteiger partial charge in [-0.15, -0.1) is 0 Å². The van der Waals surface area contributed by atoms with E-state index in [1.54, 1.807) is 18.2 Å². The van der Waals surface area contributed by atoms with E-state index in [0.717, 1.165) is 4.47 Å². The summed E-state index contributed by atoms with van der Waals surface area (Å²) in [5, 5.41) is 0. The fourth-order valence-electron chi connectivity index (χ4n) is 1.05. The highest BCUT2D eigenvalue weighted by molar-refractivity contribution is 9.10. The number of anilines is 1. The highest BCUT2D eigenvalue weighted by atomic mass is 79.9. The average Bonchev–Trinajstić information content (AvgIpc) is 2.04. The number of benzene rings is 1. The fourth-order valence-corrected chi connectivity index (χ4v) is 1.43. The number of halogens is 1. The van der Waals surface area contributed by atoms with Crippen molar-refractivity contribution in [3.63, 3.8) is 0 Å². The molecule has 0 heterocycles. The number of hydrogen-bond donors (Lipinski definition) is 2. The molecule has 13 heavy (non-hydrogen) atoms. The number of Topliss-reactive ketones (excluding diaryl/α,β-unsaturated/α-hetero) is 1. The standard InChI is InChI=1S/C9H11BrN2O/c10-6-1-2-7(8(12)5-6)9(13)3-4-11/h1-2,5H,3-4,11-12H2. The van der Waals surface area contributed by atoms with Gasteiger partial charge in [0.1, 0.15) is 0 Å². The molecular weight excluding hydrogens is 232 g/mol. The molecule has 0 fully saturated rings. The Morgan fingerprint density at radius 3 is 2.69 bits per heavy atom. The summed E-state index contributed by atoms with van der Waals surface area (Å²) in [5.74, 6) is -0.00694. The van der Waals surface area contributed by atoms with Crippen LogP contribution in [0.1, 0.15) is 16.8 Å². The fraction of sp³-hybridized carbons (Fsp3) is 0.222. The van der Waals surface area contributed by atoms with Crippen LogP contribution in [0.25, 0.3) is 0 Å². The first kappa shape index (κ1) is 10.2. The van der Waals surface area contributed by atoms with Crippen molar-refractivity contribution in [3.8, 4) is 0 Å². The Kier molecular flexibility index (Phi) is 3.45. The summed E-state index contributed by atoms with van der Waals surface area (Å²) < 4.78 is 0.870. The highest BCUT2D eigenvalue weighted by Gasteiger charge is 2.08. The zero-order chi connectivity index (χ0) is 9.84. The second-order valence-corrected chi connectivity index (χ2v) is 3.61. The molecule has 0 amide bonds. The molecule has 0 saturated heterocycles. The Labute approximate surface area is 85.2 Å². The van der Waals surface area contributed by atoms with E-state index in [2.05, 4.69) is 15.9 Å². The number of hydrogen-bond acceptors (Lipinski definition) is 3. The van der Waals surface area contributed by atoms with Gasteiger partial charge in [-0.3, -0.25) is 4.79 Å². The lowest BCUT2D eigenvalue weighted by Crippen LogP contribution is -2.10. The van der Waals surface area contributed by atoms with Crippen LogP contribution in [-0.2, 0) is 0 Å². The first-order chi connectivity index (χ1) is 6.15. The van der Waals surface area contributed by atoms with Gasteiger partial charge in [0.05, 0.1) is 0 Å². The first-order valence-electron chi connectivity index (χ1n) is 3.93. The van der Waals surface area contributed by atoms with Gasteiger partial charge in [-0.05, 0) is 24.7 Å². The normalized spacial score (nSPS) is 10.0. The monoisotopic (exact) mass is 242 g/mol. The Morgan fingerprint density at radius 2 is 2.15 bits per heavy atom. The minimum Gasteiger partial charge on any atom is -0.398 e. The van der Waals surface area contributed by atoms with E-state index in [-0.39, 0.29) is 5.78 Å². The molecule has 0 aromatic heterocycles. The van der Waals surface area contributed by atoms with Crippen LogP contribution >= 0.6 is 15.9 Å². The average molecular weight is 243 g/mol. The molecule has 1 aromatic rings. The van der Waals surface area contributed by atoms with Crippen LogP contribution in [0.4, 0.5) is 5.69 Å². The van der Waals surface area contributed by atoms with Crippen molar-refractivity contribution in [2.75, 3.05) is 12.3 Å². The smallest absolute Gasteiger partial charge is 0.166 e. The van der Waals surface area contributed by atoms with Crippen molar-refractivity contribution >= 4 is 27.4 Å². The number of nitrogen functional groups attached to an aromatic ring is 1. The van der Waals surface area contributed by atoms with Crippen molar-refractivity contribution in [2.24, 2.45) is 5.73 Å². The molecule has 0 spiro atoms. The van der Waals surface area contributed by atoms with Crippen LogP contribution in [0.3, 0.4) is 0 Å². The van der Waals surface area contributed by atoms with E-state index >= 15 is 0 Å². The van der Waals surface area contributed by atoms with Gasteiger partial charge in [-0.1, -0.05) is 15.9 Å². The third-order valence-electron chi connectivity index (χ3n) is 1.69. The molecular formula is C9H11BrN2O. The summed E-state index contributed by atoms with van der Waals surface area (Å²) in [5.41, 5.74) is 12.0. The molecule has 4 heteroatoms. The SMILES string of the molecule is NCCC(=O)c1ccc(Br)cc1N. The molecule has 1 rings (SSSR count). The number of carbonyl (C=O) groups is 1. The van der Waals surface area contributed by atoms with Gasteiger partial charge in [0.2, 0.25) is 0 Å². The largest absolute Gasteiger partial charge is 0.398 e. The van der Waals surface area contributed by atoms with E-state index in [9.17, 15) is 4.79 Å². The second-order valence-electron chi connectivity index (χ2n) is 2.69. The quantitative estimate of drug-likeness (QED) is 0.625. The lowest BCUT2D eigenvalue weighted by Gasteiger charge is -2.03. The minimum absolute atomic E-state index is 0.00694. The summed E-state index contributed by atoms with van der Waals surface area (Å²) in [7, 11) is 0. The number of carbonyl (C=O) groups excluding carboxylic acids is 1. The maximum Gasteiger partial charge on any atom is 0.166 e. The molecule has 0 aliphatic carbocycles. The molecule has 70 valence electrons. The van der Waals surface area contributed by atoms with E-state index < -0.39 is 0 Å². The van der Waals surface area contributed by atoms with Crippen LogP contribution in [0, 0.1) is 0 Å². The van der Waals surface area contributed by atoms with E-state index in [1.165, 1.54) is 0 Å². The third kappa shape index (κ3) is 2.54. The molecule has 3 nitrogen and oxygen atoms in total. The Bertz CT molecular complexity index is 325. The van der Waals surface area contributed by atoms with Crippen LogP contribution in [0.15, 0.2) is 22.7 Å². The van der Waals surface area contributed by atoms with Crippen molar-refractivity contribution in [3.05, 3.63) is 28.2 Å². The lowest BCUT2D eigenvalue weighted by atomic mass is 10.1. The van der Waals surface area contributed by atoms with E-state index in [1.807, 2.05) is 0 Å². The van der Waals surface area contributed by atoms with Crippen molar-refractivity contribution in [1.29, 1.82) is 0 Å². The number of nitrogens with two attached hydrogens (primary N) is 2. The summed E-state index contributed by atoms with van der Waals surface area (Å²) in [6.07, 6.45) is 0.339. The van der Waals surface area contributed by atoms with Gasteiger partial charge >= 0.3 is 0 Å². The van der Waals surface area contributed by atoms with Gasteiger partial charge in [-0.2, -0.15) is 0 Å². The van der Waals surface area contributed by atoms with E-state index in [4.69, 9.17) is 11.5 Å². The van der Waals surface area contributed by atoms with Crippen LogP contribution in [0.2, 0.25) is 0 Å². The zero-order valence-corrected chi connectivity index (χ0v) is 8.67.